The molecule has 0 saturated carbocycles. The Hall–Kier alpha value is -3.51. The number of halogens is 4. The summed E-state index contributed by atoms with van der Waals surface area (Å²) < 4.78 is 41.1. The normalized spacial score (nSPS) is 17.0. The minimum absolute atomic E-state index is 0.0918. The number of benzene rings is 3. The van der Waals surface area contributed by atoms with E-state index in [1.54, 1.807) is 24.3 Å². The summed E-state index contributed by atoms with van der Waals surface area (Å²) in [6.45, 7) is 4.44. The fraction of sp³-hybridized carbons (Fsp3) is 0.353. The Balaban J connectivity index is 1.19. The minimum Gasteiger partial charge on any atom is -0.507 e. The van der Waals surface area contributed by atoms with Gasteiger partial charge in [0.1, 0.15) is 5.75 Å². The maximum Gasteiger partial charge on any atom is 0.416 e. The lowest BCUT2D eigenvalue weighted by molar-refractivity contribution is -0.137. The predicted molar refractivity (Wildman–Crippen MR) is 176 cm³/mol. The van der Waals surface area contributed by atoms with Gasteiger partial charge in [0.25, 0.3) is 5.56 Å². The molecule has 3 heterocycles. The lowest BCUT2D eigenvalue weighted by Gasteiger charge is -2.40. The van der Waals surface area contributed by atoms with Crippen LogP contribution in [-0.2, 0) is 11.0 Å². The van der Waals surface area contributed by atoms with E-state index in [4.69, 9.17) is 11.6 Å². The van der Waals surface area contributed by atoms with E-state index in [9.17, 15) is 27.9 Å². The summed E-state index contributed by atoms with van der Waals surface area (Å²) in [4.78, 5) is 34.3. The third kappa shape index (κ3) is 7.38. The number of likely N-dealkylation sites (tertiary alicyclic amines) is 2. The molecule has 0 aliphatic carbocycles. The first-order chi connectivity index (χ1) is 22.0. The molecule has 12 heteroatoms. The van der Waals surface area contributed by atoms with Gasteiger partial charge in [0.2, 0.25) is 5.91 Å². The van der Waals surface area contributed by atoms with Crippen molar-refractivity contribution in [3.63, 3.8) is 0 Å². The highest BCUT2D eigenvalue weighted by Crippen LogP contribution is 2.43. The van der Waals surface area contributed by atoms with Crippen molar-refractivity contribution in [2.75, 3.05) is 38.0 Å². The fourth-order valence-electron chi connectivity index (χ4n) is 6.38. The highest BCUT2D eigenvalue weighted by atomic mass is 35.5. The number of nitrogens with zero attached hydrogens (tertiary/aromatic N) is 2. The molecule has 1 aromatic heterocycles. The molecule has 242 valence electrons. The Labute approximate surface area is 273 Å². The molecular formula is C34H34ClF3N4O3S. The average molecular weight is 671 g/mol. The number of fused-ring (bicyclic) bond motifs is 1. The van der Waals surface area contributed by atoms with Crippen LogP contribution in [0, 0.1) is 0 Å². The first-order valence-corrected chi connectivity index (χ1v) is 16.5. The van der Waals surface area contributed by atoms with E-state index < -0.39 is 17.3 Å². The Kier molecular flexibility index (Phi) is 9.65. The minimum atomic E-state index is -4.62. The molecule has 4 aromatic rings. The number of aromatic amines is 1. The number of piperidine rings is 2. The van der Waals surface area contributed by atoms with Crippen molar-refractivity contribution in [2.45, 2.75) is 54.1 Å². The van der Waals surface area contributed by atoms with Gasteiger partial charge in [0.15, 0.2) is 0 Å². The second kappa shape index (κ2) is 13.7. The van der Waals surface area contributed by atoms with Gasteiger partial charge < -0.3 is 20.3 Å². The summed E-state index contributed by atoms with van der Waals surface area (Å²) in [6, 6.07) is 14.8. The standard InChI is InChI=1S/C34H34ClF3N4O3S/c35-22-5-11-29(43)27(19-22)31-26-18-21(34(36,37)38)4-10-28(26)40-33(45)32(31)46-25-8-6-23(7-9-25)39-30(44)20-41-16-12-24(13-17-41)42-14-2-1-3-15-42/h4-11,18-19,24,43H,1-3,12-17,20H2,(H,39,44)(H,40,45). The molecule has 3 N–H and O–H groups in total. The number of hydrogen-bond acceptors (Lipinski definition) is 6. The predicted octanol–water partition coefficient (Wildman–Crippen LogP) is 7.61. The van der Waals surface area contributed by atoms with Crippen LogP contribution in [0.1, 0.15) is 37.7 Å². The van der Waals surface area contributed by atoms with E-state index in [2.05, 4.69) is 20.1 Å². The zero-order chi connectivity index (χ0) is 32.4. The van der Waals surface area contributed by atoms with Crippen LogP contribution in [0.2, 0.25) is 5.02 Å². The average Bonchev–Trinajstić information content (AvgIpc) is 3.03. The number of H-pyrrole nitrogens is 1. The number of amides is 1. The van der Waals surface area contributed by atoms with Crippen LogP contribution in [0.15, 0.2) is 75.2 Å². The first-order valence-electron chi connectivity index (χ1n) is 15.4. The van der Waals surface area contributed by atoms with Gasteiger partial charge in [-0.3, -0.25) is 14.5 Å². The SMILES string of the molecule is O=C(CN1CCC(N2CCCCC2)CC1)Nc1ccc(Sc2c(-c3cc(Cl)ccc3O)c3cc(C(F)(F)F)ccc3[nH]c2=O)cc1. The lowest BCUT2D eigenvalue weighted by atomic mass is 9.98. The van der Waals surface area contributed by atoms with Crippen LogP contribution in [-0.4, -0.2) is 64.6 Å². The van der Waals surface area contributed by atoms with Crippen molar-refractivity contribution in [3.8, 4) is 16.9 Å². The number of anilines is 1. The van der Waals surface area contributed by atoms with Crippen molar-refractivity contribution in [1.29, 1.82) is 0 Å². The molecule has 0 bridgehead atoms. The number of pyridine rings is 1. The molecule has 46 heavy (non-hydrogen) atoms. The number of carbonyl (C=O) groups is 1. The van der Waals surface area contributed by atoms with Gasteiger partial charge >= 0.3 is 6.18 Å². The summed E-state index contributed by atoms with van der Waals surface area (Å²) >= 11 is 7.25. The lowest BCUT2D eigenvalue weighted by Crippen LogP contribution is -2.48. The highest BCUT2D eigenvalue weighted by Gasteiger charge is 2.32. The number of aromatic nitrogens is 1. The number of aromatic hydroxyl groups is 1. The Bertz CT molecular complexity index is 1780. The van der Waals surface area contributed by atoms with Gasteiger partial charge in [-0.25, -0.2) is 0 Å². The van der Waals surface area contributed by atoms with Gasteiger partial charge in [-0.2, -0.15) is 13.2 Å². The number of rotatable bonds is 7. The molecular weight excluding hydrogens is 637 g/mol. The van der Waals surface area contributed by atoms with Crippen LogP contribution >= 0.6 is 23.4 Å². The molecule has 7 nitrogen and oxygen atoms in total. The molecule has 0 radical (unpaired) electrons. The maximum absolute atomic E-state index is 13.7. The molecule has 2 aliphatic rings. The molecule has 0 atom stereocenters. The van der Waals surface area contributed by atoms with Gasteiger partial charge in [-0.15, -0.1) is 0 Å². The number of carbonyl (C=O) groups excluding carboxylic acids is 1. The fourth-order valence-corrected chi connectivity index (χ4v) is 7.52. The Morgan fingerprint density at radius 2 is 1.70 bits per heavy atom. The largest absolute Gasteiger partial charge is 0.507 e. The van der Waals surface area contributed by atoms with Gasteiger partial charge in [0.05, 0.1) is 17.0 Å². The van der Waals surface area contributed by atoms with Gasteiger partial charge in [-0.05, 0) is 99.4 Å². The third-order valence-corrected chi connectivity index (χ3v) is 10.1. The Morgan fingerprint density at radius 1 is 0.978 bits per heavy atom. The smallest absolute Gasteiger partial charge is 0.416 e. The number of alkyl halides is 3. The zero-order valence-electron chi connectivity index (χ0n) is 25.0. The van der Waals surface area contributed by atoms with Crippen LogP contribution in [0.25, 0.3) is 22.0 Å². The van der Waals surface area contributed by atoms with E-state index in [-0.39, 0.29) is 43.6 Å². The molecule has 2 aliphatic heterocycles. The van der Waals surface area contributed by atoms with Crippen molar-refractivity contribution >= 4 is 45.9 Å². The monoisotopic (exact) mass is 670 g/mol. The van der Waals surface area contributed by atoms with E-state index >= 15 is 0 Å². The molecule has 1 amide bonds. The first kappa shape index (κ1) is 32.4. The Morgan fingerprint density at radius 3 is 2.39 bits per heavy atom. The number of nitrogens with one attached hydrogen (secondary N) is 2. The van der Waals surface area contributed by atoms with E-state index in [1.165, 1.54) is 56.6 Å². The second-order valence-corrected chi connectivity index (χ2v) is 13.4. The molecule has 2 fully saturated rings. The highest BCUT2D eigenvalue weighted by molar-refractivity contribution is 7.99. The van der Waals surface area contributed by atoms with E-state index in [1.807, 2.05) is 0 Å². The van der Waals surface area contributed by atoms with Gasteiger partial charge in [0, 0.05) is 56.8 Å². The summed E-state index contributed by atoms with van der Waals surface area (Å²) in [5.41, 5.74) is -0.381. The van der Waals surface area contributed by atoms with Crippen LogP contribution in [0.5, 0.6) is 5.75 Å². The summed E-state index contributed by atoms with van der Waals surface area (Å²) in [5.74, 6) is -0.341. The zero-order valence-corrected chi connectivity index (χ0v) is 26.6. The van der Waals surface area contributed by atoms with Crippen LogP contribution < -0.4 is 10.9 Å². The van der Waals surface area contributed by atoms with Gasteiger partial charge in [-0.1, -0.05) is 29.8 Å². The molecule has 3 aromatic carbocycles. The van der Waals surface area contributed by atoms with Crippen LogP contribution in [0.4, 0.5) is 18.9 Å². The summed E-state index contributed by atoms with van der Waals surface area (Å²) in [5, 5.41) is 14.0. The number of phenols is 1. The second-order valence-electron chi connectivity index (χ2n) is 11.9. The quantitative estimate of drug-likeness (QED) is 0.188. The van der Waals surface area contributed by atoms with Crippen molar-refractivity contribution in [3.05, 3.63) is 81.6 Å². The molecule has 2 saturated heterocycles. The van der Waals surface area contributed by atoms with E-state index in [0.29, 0.717) is 23.2 Å². The number of hydrogen-bond donors (Lipinski definition) is 3. The topological polar surface area (TPSA) is 88.7 Å². The van der Waals surface area contributed by atoms with Crippen molar-refractivity contribution < 1.29 is 23.1 Å². The summed E-state index contributed by atoms with van der Waals surface area (Å²) in [7, 11) is 0. The third-order valence-electron chi connectivity index (χ3n) is 8.72. The summed E-state index contributed by atoms with van der Waals surface area (Å²) in [6.07, 6.45) is 1.38. The molecule has 0 unspecified atom stereocenters. The van der Waals surface area contributed by atoms with Crippen molar-refractivity contribution in [2.24, 2.45) is 0 Å². The molecule has 0 spiro atoms. The van der Waals surface area contributed by atoms with Crippen molar-refractivity contribution in [1.82, 2.24) is 14.8 Å². The maximum atomic E-state index is 13.7. The number of phenolic OH excluding ortho intramolecular Hbond substituents is 1. The van der Waals surface area contributed by atoms with E-state index in [0.717, 1.165) is 49.8 Å². The molecule has 6 rings (SSSR count). The van der Waals surface area contributed by atoms with Crippen LogP contribution in [0.3, 0.4) is 0 Å².